The molecule has 1 amide bonds. The number of nitrogens with one attached hydrogen (secondary N) is 1. The highest BCUT2D eigenvalue weighted by Gasteiger charge is 2.28. The molecule has 7 heteroatoms. The average Bonchev–Trinajstić information content (AvgIpc) is 3.27. The van der Waals surface area contributed by atoms with Gasteiger partial charge < -0.3 is 9.84 Å². The summed E-state index contributed by atoms with van der Waals surface area (Å²) in [4.78, 5) is 19.8. The fourth-order valence-corrected chi connectivity index (χ4v) is 4.45. The Hall–Kier alpha value is -2.70. The highest BCUT2D eigenvalue weighted by atomic mass is 35.5. The number of hydrogen-bond acceptors (Lipinski definition) is 5. The number of amides is 1. The van der Waals surface area contributed by atoms with Gasteiger partial charge in [0, 0.05) is 17.1 Å². The third-order valence-electron chi connectivity index (χ3n) is 6.44. The third-order valence-corrected chi connectivity index (χ3v) is 6.69. The van der Waals surface area contributed by atoms with Crippen LogP contribution >= 0.6 is 11.6 Å². The molecule has 0 radical (unpaired) electrons. The van der Waals surface area contributed by atoms with E-state index in [-0.39, 0.29) is 23.3 Å². The van der Waals surface area contributed by atoms with Crippen LogP contribution in [0.15, 0.2) is 53.1 Å². The van der Waals surface area contributed by atoms with Crippen LogP contribution in [0.3, 0.4) is 0 Å². The molecule has 180 valence electrons. The molecule has 1 fully saturated rings. The van der Waals surface area contributed by atoms with E-state index >= 15 is 0 Å². The Morgan fingerprint density at radius 1 is 1.18 bits per heavy atom. The van der Waals surface area contributed by atoms with Crippen LogP contribution in [0, 0.1) is 5.92 Å². The fraction of sp³-hybridized carbons (Fsp3) is 0.444. The number of benzene rings is 2. The predicted molar refractivity (Wildman–Crippen MR) is 134 cm³/mol. The smallest absolute Gasteiger partial charge is 0.241 e. The topological polar surface area (TPSA) is 71.3 Å². The molecule has 0 aliphatic carbocycles. The van der Waals surface area contributed by atoms with Crippen molar-refractivity contribution >= 4 is 17.5 Å². The molecule has 1 aliphatic heterocycles. The molecule has 0 spiro atoms. The Kier molecular flexibility index (Phi) is 7.39. The zero-order valence-electron chi connectivity index (χ0n) is 20.3. The van der Waals surface area contributed by atoms with E-state index in [1.165, 1.54) is 5.56 Å². The highest BCUT2D eigenvalue weighted by molar-refractivity contribution is 6.30. The second kappa shape index (κ2) is 10.3. The van der Waals surface area contributed by atoms with E-state index in [4.69, 9.17) is 16.1 Å². The van der Waals surface area contributed by atoms with Crippen LogP contribution in [0.2, 0.25) is 5.02 Å². The van der Waals surface area contributed by atoms with Crippen LogP contribution in [-0.2, 0) is 16.8 Å². The summed E-state index contributed by atoms with van der Waals surface area (Å²) >= 11 is 5.96. The van der Waals surface area contributed by atoms with Crippen LogP contribution in [0.5, 0.6) is 0 Å². The van der Waals surface area contributed by atoms with E-state index in [9.17, 15) is 4.79 Å². The molecule has 2 atom stereocenters. The quantitative estimate of drug-likeness (QED) is 0.484. The molecule has 2 aromatic carbocycles. The number of carbonyl (C=O) groups is 1. The number of carbonyl (C=O) groups excluding carboxylic acids is 1. The van der Waals surface area contributed by atoms with Crippen molar-refractivity contribution in [2.75, 3.05) is 13.1 Å². The van der Waals surface area contributed by atoms with Gasteiger partial charge in [-0.15, -0.1) is 0 Å². The molecule has 1 N–H and O–H groups in total. The maximum atomic E-state index is 13.0. The second-order valence-electron chi connectivity index (χ2n) is 10.2. The SMILES string of the molecule is CC(NC(=O)C1CCCN(Cc2nc(-c3ccc(Cl)cc3)no2)C1)c1ccc(C(C)(C)C)cc1. The molecular weight excluding hydrogens is 448 g/mol. The summed E-state index contributed by atoms with van der Waals surface area (Å²) in [7, 11) is 0. The largest absolute Gasteiger partial charge is 0.349 e. The van der Waals surface area contributed by atoms with Gasteiger partial charge in [0.25, 0.3) is 0 Å². The number of halogens is 1. The van der Waals surface area contributed by atoms with Gasteiger partial charge in [0.15, 0.2) is 0 Å². The number of likely N-dealkylation sites (tertiary alicyclic amines) is 1. The first-order valence-corrected chi connectivity index (χ1v) is 12.3. The van der Waals surface area contributed by atoms with Crippen molar-refractivity contribution in [2.24, 2.45) is 5.92 Å². The van der Waals surface area contributed by atoms with Gasteiger partial charge in [-0.1, -0.05) is 61.8 Å². The lowest BCUT2D eigenvalue weighted by molar-refractivity contribution is -0.127. The van der Waals surface area contributed by atoms with E-state index in [0.29, 0.717) is 29.8 Å². The van der Waals surface area contributed by atoms with Crippen LogP contribution in [0.25, 0.3) is 11.4 Å². The summed E-state index contributed by atoms with van der Waals surface area (Å²) in [6, 6.07) is 15.9. The second-order valence-corrected chi connectivity index (χ2v) is 10.6. The van der Waals surface area contributed by atoms with E-state index < -0.39 is 0 Å². The van der Waals surface area contributed by atoms with Gasteiger partial charge in [0.2, 0.25) is 17.6 Å². The Labute approximate surface area is 206 Å². The predicted octanol–water partition coefficient (Wildman–Crippen LogP) is 5.78. The van der Waals surface area contributed by atoms with Gasteiger partial charge >= 0.3 is 0 Å². The molecule has 2 heterocycles. The molecule has 6 nitrogen and oxygen atoms in total. The summed E-state index contributed by atoms with van der Waals surface area (Å²) in [5.74, 6) is 1.15. The van der Waals surface area contributed by atoms with Gasteiger partial charge in [0.05, 0.1) is 18.5 Å². The molecule has 1 aromatic heterocycles. The summed E-state index contributed by atoms with van der Waals surface area (Å²) in [6.45, 7) is 10.8. The van der Waals surface area contributed by atoms with Crippen molar-refractivity contribution < 1.29 is 9.32 Å². The van der Waals surface area contributed by atoms with Gasteiger partial charge in [0.1, 0.15) is 0 Å². The minimum atomic E-state index is -0.0521. The number of rotatable bonds is 6. The lowest BCUT2D eigenvalue weighted by Gasteiger charge is -2.31. The normalized spacial score (nSPS) is 18.0. The van der Waals surface area contributed by atoms with Crippen molar-refractivity contribution in [3.8, 4) is 11.4 Å². The maximum absolute atomic E-state index is 13.0. The molecular formula is C27H33ClN4O2. The number of piperidine rings is 1. The van der Waals surface area contributed by atoms with E-state index in [1.807, 2.05) is 19.1 Å². The number of aromatic nitrogens is 2. The first-order valence-electron chi connectivity index (χ1n) is 11.9. The van der Waals surface area contributed by atoms with Crippen LogP contribution in [0.4, 0.5) is 0 Å². The van der Waals surface area contributed by atoms with E-state index in [0.717, 1.165) is 30.5 Å². The van der Waals surface area contributed by atoms with Crippen molar-refractivity contribution in [3.63, 3.8) is 0 Å². The van der Waals surface area contributed by atoms with Gasteiger partial charge in [-0.2, -0.15) is 4.98 Å². The fourth-order valence-electron chi connectivity index (χ4n) is 4.33. The lowest BCUT2D eigenvalue weighted by atomic mass is 9.86. The monoisotopic (exact) mass is 480 g/mol. The molecule has 34 heavy (non-hydrogen) atoms. The average molecular weight is 481 g/mol. The molecule has 4 rings (SSSR count). The minimum Gasteiger partial charge on any atom is -0.349 e. The minimum absolute atomic E-state index is 0.0326. The third kappa shape index (κ3) is 6.05. The van der Waals surface area contributed by atoms with Gasteiger partial charge in [-0.3, -0.25) is 9.69 Å². The molecule has 0 bridgehead atoms. The van der Waals surface area contributed by atoms with E-state index in [2.05, 4.69) is 65.4 Å². The molecule has 1 saturated heterocycles. The van der Waals surface area contributed by atoms with Gasteiger partial charge in [-0.25, -0.2) is 0 Å². The molecule has 1 aliphatic rings. The lowest BCUT2D eigenvalue weighted by Crippen LogP contribution is -2.43. The first kappa shape index (κ1) is 24.4. The van der Waals surface area contributed by atoms with Crippen molar-refractivity contribution in [1.29, 1.82) is 0 Å². The zero-order valence-corrected chi connectivity index (χ0v) is 21.1. The molecule has 0 saturated carbocycles. The first-order chi connectivity index (χ1) is 16.2. The van der Waals surface area contributed by atoms with Gasteiger partial charge in [-0.05, 0) is 67.1 Å². The highest BCUT2D eigenvalue weighted by Crippen LogP contribution is 2.25. The molecule has 3 aromatic rings. The summed E-state index contributed by atoms with van der Waals surface area (Å²) < 4.78 is 5.47. The molecule has 2 unspecified atom stereocenters. The number of nitrogens with zero attached hydrogens (tertiary/aromatic N) is 3. The maximum Gasteiger partial charge on any atom is 0.241 e. The van der Waals surface area contributed by atoms with Crippen molar-refractivity contribution in [2.45, 2.75) is 58.5 Å². The summed E-state index contributed by atoms with van der Waals surface area (Å²) in [5.41, 5.74) is 3.39. The van der Waals surface area contributed by atoms with Crippen molar-refractivity contribution in [3.05, 3.63) is 70.6 Å². The van der Waals surface area contributed by atoms with E-state index in [1.54, 1.807) is 12.1 Å². The Bertz CT molecular complexity index is 1100. The van der Waals surface area contributed by atoms with Crippen LogP contribution in [0.1, 0.15) is 63.6 Å². The zero-order chi connectivity index (χ0) is 24.3. The summed E-state index contributed by atoms with van der Waals surface area (Å²) in [6.07, 6.45) is 1.85. The standard InChI is InChI=1S/C27H33ClN4O2/c1-18(19-7-11-22(12-8-19)27(2,3)4)29-26(33)21-6-5-15-32(16-21)17-24-30-25(31-34-24)20-9-13-23(28)14-10-20/h7-14,18,21H,5-6,15-17H2,1-4H3,(H,29,33). The van der Waals surface area contributed by atoms with Crippen LogP contribution in [-0.4, -0.2) is 34.0 Å². The van der Waals surface area contributed by atoms with Crippen molar-refractivity contribution in [1.82, 2.24) is 20.4 Å². The van der Waals surface area contributed by atoms with Crippen LogP contribution < -0.4 is 5.32 Å². The Morgan fingerprint density at radius 2 is 1.88 bits per heavy atom. The Morgan fingerprint density at radius 3 is 2.56 bits per heavy atom. The summed E-state index contributed by atoms with van der Waals surface area (Å²) in [5, 5.41) is 7.97. The Balaban J connectivity index is 1.32. The number of hydrogen-bond donors (Lipinski definition) is 1.